The Bertz CT molecular complexity index is 482. The first kappa shape index (κ1) is 16.6. The Hall–Kier alpha value is -0.720. The molecule has 1 spiro atoms. The SMILES string of the molecule is COCCN(CCC#N)S(=O)(=O)N1CC[C@]2(CCOC2)C1. The molecule has 0 amide bonds. The van der Waals surface area contributed by atoms with Gasteiger partial charge in [0.25, 0.3) is 10.2 Å². The Kier molecular flexibility index (Phi) is 5.57. The van der Waals surface area contributed by atoms with E-state index in [2.05, 4.69) is 0 Å². The van der Waals surface area contributed by atoms with Gasteiger partial charge >= 0.3 is 0 Å². The molecule has 0 bridgehead atoms. The number of hydrogen-bond donors (Lipinski definition) is 0. The topological polar surface area (TPSA) is 82.9 Å². The van der Waals surface area contributed by atoms with Crippen LogP contribution >= 0.6 is 0 Å². The molecule has 0 N–H and O–H groups in total. The Morgan fingerprint density at radius 2 is 2.24 bits per heavy atom. The van der Waals surface area contributed by atoms with E-state index in [0.717, 1.165) is 19.4 Å². The van der Waals surface area contributed by atoms with Crippen molar-refractivity contribution in [3.8, 4) is 6.07 Å². The lowest BCUT2D eigenvalue weighted by Gasteiger charge is -2.28. The maximum atomic E-state index is 12.7. The van der Waals surface area contributed by atoms with Crippen LogP contribution in [0.15, 0.2) is 0 Å². The largest absolute Gasteiger partial charge is 0.383 e. The molecule has 21 heavy (non-hydrogen) atoms. The van der Waals surface area contributed by atoms with Gasteiger partial charge in [-0.3, -0.25) is 0 Å². The average molecular weight is 317 g/mol. The van der Waals surface area contributed by atoms with Crippen molar-refractivity contribution in [2.75, 3.05) is 53.1 Å². The van der Waals surface area contributed by atoms with Gasteiger partial charge < -0.3 is 9.47 Å². The summed E-state index contributed by atoms with van der Waals surface area (Å²) in [6.45, 7) is 3.23. The molecule has 1 atom stereocenters. The van der Waals surface area contributed by atoms with E-state index in [-0.39, 0.29) is 24.9 Å². The third kappa shape index (κ3) is 3.73. The smallest absolute Gasteiger partial charge is 0.282 e. The molecular weight excluding hydrogens is 294 g/mol. The van der Waals surface area contributed by atoms with E-state index in [4.69, 9.17) is 14.7 Å². The molecule has 8 heteroatoms. The zero-order valence-corrected chi connectivity index (χ0v) is 13.3. The second-order valence-corrected chi connectivity index (χ2v) is 7.62. The lowest BCUT2D eigenvalue weighted by Crippen LogP contribution is -2.45. The summed E-state index contributed by atoms with van der Waals surface area (Å²) < 4.78 is 38.8. The highest BCUT2D eigenvalue weighted by molar-refractivity contribution is 7.86. The molecule has 0 unspecified atom stereocenters. The second kappa shape index (κ2) is 7.03. The van der Waals surface area contributed by atoms with Crippen molar-refractivity contribution >= 4 is 10.2 Å². The number of rotatable bonds is 7. The molecule has 0 radical (unpaired) electrons. The molecule has 7 nitrogen and oxygen atoms in total. The molecule has 2 heterocycles. The van der Waals surface area contributed by atoms with Gasteiger partial charge in [0.1, 0.15) is 0 Å². The molecule has 2 saturated heterocycles. The summed E-state index contributed by atoms with van der Waals surface area (Å²) in [5.41, 5.74) is -0.00474. The van der Waals surface area contributed by atoms with Gasteiger partial charge in [-0.15, -0.1) is 0 Å². The Morgan fingerprint density at radius 1 is 1.43 bits per heavy atom. The maximum Gasteiger partial charge on any atom is 0.282 e. The van der Waals surface area contributed by atoms with Crippen LogP contribution in [0.4, 0.5) is 0 Å². The molecule has 2 rings (SSSR count). The van der Waals surface area contributed by atoms with Gasteiger partial charge in [-0.2, -0.15) is 22.3 Å². The molecule has 2 aliphatic rings. The van der Waals surface area contributed by atoms with Gasteiger partial charge in [-0.1, -0.05) is 0 Å². The minimum Gasteiger partial charge on any atom is -0.383 e. The van der Waals surface area contributed by atoms with E-state index < -0.39 is 10.2 Å². The van der Waals surface area contributed by atoms with Crippen LogP contribution in [0.1, 0.15) is 19.3 Å². The molecule has 0 aromatic heterocycles. The Labute approximate surface area is 126 Å². The average Bonchev–Trinajstić information content (AvgIpc) is 3.10. The first-order valence-electron chi connectivity index (χ1n) is 7.23. The molecule has 120 valence electrons. The maximum absolute atomic E-state index is 12.7. The first-order valence-corrected chi connectivity index (χ1v) is 8.63. The fraction of sp³-hybridized carbons (Fsp3) is 0.923. The lowest BCUT2D eigenvalue weighted by atomic mass is 9.87. The van der Waals surface area contributed by atoms with Gasteiger partial charge in [0.2, 0.25) is 0 Å². The summed E-state index contributed by atoms with van der Waals surface area (Å²) in [6.07, 6.45) is 1.96. The monoisotopic (exact) mass is 317 g/mol. The summed E-state index contributed by atoms with van der Waals surface area (Å²) >= 11 is 0. The quantitative estimate of drug-likeness (QED) is 0.670. The molecule has 2 aliphatic heterocycles. The summed E-state index contributed by atoms with van der Waals surface area (Å²) in [5.74, 6) is 0. The summed E-state index contributed by atoms with van der Waals surface area (Å²) in [5, 5.41) is 8.71. The van der Waals surface area contributed by atoms with Crippen LogP contribution in [0.25, 0.3) is 0 Å². The van der Waals surface area contributed by atoms with Gasteiger partial charge in [0.15, 0.2) is 0 Å². The van der Waals surface area contributed by atoms with Crippen molar-refractivity contribution < 1.29 is 17.9 Å². The van der Waals surface area contributed by atoms with E-state index in [9.17, 15) is 8.42 Å². The summed E-state index contributed by atoms with van der Waals surface area (Å²) in [4.78, 5) is 0. The van der Waals surface area contributed by atoms with E-state index in [1.54, 1.807) is 0 Å². The van der Waals surface area contributed by atoms with E-state index >= 15 is 0 Å². The van der Waals surface area contributed by atoms with Gasteiger partial charge in [0, 0.05) is 51.7 Å². The second-order valence-electron chi connectivity index (χ2n) is 5.69. The fourth-order valence-electron chi connectivity index (χ4n) is 2.94. The zero-order valence-electron chi connectivity index (χ0n) is 12.5. The molecule has 0 saturated carbocycles. The van der Waals surface area contributed by atoms with Crippen molar-refractivity contribution in [1.82, 2.24) is 8.61 Å². The van der Waals surface area contributed by atoms with Crippen molar-refractivity contribution in [1.29, 1.82) is 5.26 Å². The summed E-state index contributed by atoms with van der Waals surface area (Å²) in [7, 11) is -1.99. The summed E-state index contributed by atoms with van der Waals surface area (Å²) in [6, 6.07) is 2.00. The Balaban J connectivity index is 2.05. The van der Waals surface area contributed by atoms with E-state index in [0.29, 0.717) is 26.3 Å². The Morgan fingerprint density at radius 3 is 2.86 bits per heavy atom. The highest BCUT2D eigenvalue weighted by Gasteiger charge is 2.46. The van der Waals surface area contributed by atoms with Gasteiger partial charge in [-0.05, 0) is 12.8 Å². The van der Waals surface area contributed by atoms with Crippen LogP contribution in [0.5, 0.6) is 0 Å². The van der Waals surface area contributed by atoms with E-state index in [1.807, 2.05) is 6.07 Å². The standard InChI is InChI=1S/C13H23N3O4S/c1-19-10-8-15(6-2-5-14)21(17,18)16-7-3-13(11-16)4-9-20-12-13/h2-4,6-12H2,1H3/t13-/m0/s1. The first-order chi connectivity index (χ1) is 10.0. The molecule has 2 fully saturated rings. The highest BCUT2D eigenvalue weighted by Crippen LogP contribution is 2.39. The van der Waals surface area contributed by atoms with Crippen molar-refractivity contribution in [2.45, 2.75) is 19.3 Å². The number of hydrogen-bond acceptors (Lipinski definition) is 5. The van der Waals surface area contributed by atoms with Crippen molar-refractivity contribution in [3.63, 3.8) is 0 Å². The molecular formula is C13H23N3O4S. The van der Waals surface area contributed by atoms with Crippen LogP contribution in [0.2, 0.25) is 0 Å². The molecule has 0 aliphatic carbocycles. The number of ether oxygens (including phenoxy) is 2. The molecule has 0 aromatic rings. The number of methoxy groups -OCH3 is 1. The minimum atomic E-state index is -3.53. The number of nitriles is 1. The van der Waals surface area contributed by atoms with E-state index in [1.165, 1.54) is 15.7 Å². The van der Waals surface area contributed by atoms with Crippen molar-refractivity contribution in [2.24, 2.45) is 5.41 Å². The minimum absolute atomic E-state index is 0.00474. The zero-order chi connectivity index (χ0) is 15.3. The molecule has 0 aromatic carbocycles. The van der Waals surface area contributed by atoms with Gasteiger partial charge in [0.05, 0.1) is 19.3 Å². The van der Waals surface area contributed by atoms with Crippen LogP contribution in [-0.2, 0) is 19.7 Å². The van der Waals surface area contributed by atoms with Crippen LogP contribution in [0.3, 0.4) is 0 Å². The van der Waals surface area contributed by atoms with Crippen LogP contribution in [-0.4, -0.2) is 70.1 Å². The highest BCUT2D eigenvalue weighted by atomic mass is 32.2. The third-order valence-electron chi connectivity index (χ3n) is 4.26. The van der Waals surface area contributed by atoms with Crippen LogP contribution in [0, 0.1) is 16.7 Å². The fourth-order valence-corrected chi connectivity index (χ4v) is 4.65. The van der Waals surface area contributed by atoms with Gasteiger partial charge in [-0.25, -0.2) is 0 Å². The van der Waals surface area contributed by atoms with Crippen LogP contribution < -0.4 is 0 Å². The normalized spacial score (nSPS) is 26.7. The third-order valence-corrected chi connectivity index (χ3v) is 6.24. The number of nitrogens with zero attached hydrogens (tertiary/aromatic N) is 3. The predicted molar refractivity (Wildman–Crippen MR) is 76.7 cm³/mol. The van der Waals surface area contributed by atoms with Crippen molar-refractivity contribution in [3.05, 3.63) is 0 Å². The lowest BCUT2D eigenvalue weighted by molar-refractivity contribution is 0.156. The predicted octanol–water partition coefficient (Wildman–Crippen LogP) is 0.206.